The van der Waals surface area contributed by atoms with Crippen LogP contribution in [0.5, 0.6) is 17.2 Å². The molecule has 0 unspecified atom stereocenters. The number of fused-ring (bicyclic) bond motifs is 2. The molecule has 2 amide bonds. The Hall–Kier alpha value is -3.85. The largest absolute Gasteiger partial charge is 0.497 e. The molecule has 0 radical (unpaired) electrons. The maximum absolute atomic E-state index is 14.9. The van der Waals surface area contributed by atoms with Gasteiger partial charge in [0.05, 0.1) is 27.8 Å². The Morgan fingerprint density at radius 2 is 1.60 bits per heavy atom. The van der Waals surface area contributed by atoms with Gasteiger partial charge in [0.1, 0.15) is 17.3 Å². The number of benzene rings is 3. The Morgan fingerprint density at radius 1 is 0.925 bits per heavy atom. The molecule has 2 aliphatic rings. The lowest BCUT2D eigenvalue weighted by Crippen LogP contribution is -2.48. The van der Waals surface area contributed by atoms with Crippen molar-refractivity contribution in [3.63, 3.8) is 0 Å². The van der Waals surface area contributed by atoms with E-state index in [0.717, 1.165) is 0 Å². The maximum atomic E-state index is 14.9. The van der Waals surface area contributed by atoms with Crippen molar-refractivity contribution in [1.29, 1.82) is 0 Å². The van der Waals surface area contributed by atoms with Crippen LogP contribution < -0.4 is 19.1 Å². The monoisotopic (exact) mass is 570 g/mol. The van der Waals surface area contributed by atoms with Gasteiger partial charge in [0.15, 0.2) is 11.6 Å². The molecule has 0 aliphatic carbocycles. The number of piperidine rings is 1. The normalized spacial score (nSPS) is 15.7. The fourth-order valence-corrected chi connectivity index (χ4v) is 5.90. The van der Waals surface area contributed by atoms with Crippen LogP contribution in [0.3, 0.4) is 0 Å². The minimum atomic E-state index is -0.683. The molecule has 1 saturated heterocycles. The number of carbonyl (C=O) groups is 2. The molecule has 0 atom stereocenters. The molecule has 210 valence electrons. The molecule has 40 heavy (non-hydrogen) atoms. The average molecular weight is 571 g/mol. The van der Waals surface area contributed by atoms with Gasteiger partial charge >= 0.3 is 0 Å². The summed E-state index contributed by atoms with van der Waals surface area (Å²) in [6.45, 7) is 1.11. The highest BCUT2D eigenvalue weighted by Crippen LogP contribution is 2.48. The Labute approximate surface area is 236 Å². The van der Waals surface area contributed by atoms with Crippen LogP contribution in [0, 0.1) is 11.6 Å². The zero-order chi connectivity index (χ0) is 28.6. The number of nitrogens with zero attached hydrogens (tertiary/aromatic N) is 2. The van der Waals surface area contributed by atoms with E-state index in [1.807, 2.05) is 0 Å². The predicted molar refractivity (Wildman–Crippen MR) is 147 cm³/mol. The van der Waals surface area contributed by atoms with Crippen LogP contribution in [0.2, 0.25) is 5.02 Å². The number of ether oxygens (including phenoxy) is 3. The lowest BCUT2D eigenvalue weighted by molar-refractivity contribution is -0.118. The van der Waals surface area contributed by atoms with E-state index in [2.05, 4.69) is 0 Å². The first-order valence-electron chi connectivity index (χ1n) is 12.8. The number of methoxy groups -OCH3 is 3. The van der Waals surface area contributed by atoms with E-state index < -0.39 is 17.0 Å². The van der Waals surface area contributed by atoms with Crippen LogP contribution in [0.4, 0.5) is 14.5 Å². The molecule has 0 N–H and O–H groups in total. The van der Waals surface area contributed by atoms with Gasteiger partial charge in [-0.25, -0.2) is 8.78 Å². The van der Waals surface area contributed by atoms with Gasteiger partial charge in [-0.2, -0.15) is 0 Å². The molecule has 10 heteroatoms. The Balaban J connectivity index is 1.38. The standard InChI is InChI=1S/C30H29ClF2N2O5/c1-38-20-12-18(13-21(15-20)39-2)29(37)34-10-8-30(9-11-34)17-35(25-6-4-19(32)14-23(25)30)27(36)16-22-24(31)5-7-26(40-3)28(22)33/h4-7,12-15H,8-11,16-17H2,1-3H3. The molecule has 5 rings (SSSR count). The summed E-state index contributed by atoms with van der Waals surface area (Å²) in [5.74, 6) is -0.593. The van der Waals surface area contributed by atoms with E-state index in [-0.39, 0.29) is 34.6 Å². The summed E-state index contributed by atoms with van der Waals surface area (Å²) in [7, 11) is 4.39. The second-order valence-corrected chi connectivity index (χ2v) is 10.4. The van der Waals surface area contributed by atoms with Crippen molar-refractivity contribution in [2.75, 3.05) is 45.9 Å². The fourth-order valence-electron chi connectivity index (χ4n) is 5.69. The van der Waals surface area contributed by atoms with Crippen LogP contribution in [-0.4, -0.2) is 57.7 Å². The summed E-state index contributed by atoms with van der Waals surface area (Å²) in [5.41, 5.74) is 1.24. The summed E-state index contributed by atoms with van der Waals surface area (Å²) in [6, 6.07) is 12.3. The van der Waals surface area contributed by atoms with Crippen molar-refractivity contribution < 1.29 is 32.6 Å². The van der Waals surface area contributed by atoms with Crippen LogP contribution in [0.15, 0.2) is 48.5 Å². The van der Waals surface area contributed by atoms with Crippen molar-refractivity contribution in [2.24, 2.45) is 0 Å². The molecular weight excluding hydrogens is 542 g/mol. The number of halogens is 3. The number of carbonyl (C=O) groups excluding carboxylic acids is 2. The molecule has 0 saturated carbocycles. The van der Waals surface area contributed by atoms with Gasteiger partial charge in [-0.05, 0) is 60.9 Å². The lowest BCUT2D eigenvalue weighted by Gasteiger charge is -2.40. The van der Waals surface area contributed by atoms with Crippen molar-refractivity contribution in [2.45, 2.75) is 24.7 Å². The van der Waals surface area contributed by atoms with Crippen LogP contribution >= 0.6 is 11.6 Å². The highest BCUT2D eigenvalue weighted by molar-refractivity contribution is 6.31. The molecule has 1 fully saturated rings. The fraction of sp³-hybridized carbons (Fsp3) is 0.333. The van der Waals surface area contributed by atoms with Gasteiger partial charge in [0, 0.05) is 53.0 Å². The predicted octanol–water partition coefficient (Wildman–Crippen LogP) is 5.41. The molecule has 3 aromatic carbocycles. The second kappa shape index (κ2) is 11.0. The highest BCUT2D eigenvalue weighted by atomic mass is 35.5. The smallest absolute Gasteiger partial charge is 0.254 e. The summed E-state index contributed by atoms with van der Waals surface area (Å²) in [5, 5.41) is 0.126. The Bertz CT molecular complexity index is 1450. The third-order valence-electron chi connectivity index (χ3n) is 7.89. The maximum Gasteiger partial charge on any atom is 0.254 e. The third kappa shape index (κ3) is 4.94. The minimum absolute atomic E-state index is 0.00161. The molecular formula is C30H29ClF2N2O5. The van der Waals surface area contributed by atoms with Crippen LogP contribution in [0.1, 0.15) is 34.3 Å². The van der Waals surface area contributed by atoms with Gasteiger partial charge in [0.25, 0.3) is 5.91 Å². The highest BCUT2D eigenvalue weighted by Gasteiger charge is 2.47. The lowest BCUT2D eigenvalue weighted by atomic mass is 9.74. The van der Waals surface area contributed by atoms with E-state index in [4.69, 9.17) is 25.8 Å². The first kappa shape index (κ1) is 27.7. The van der Waals surface area contributed by atoms with Crippen LogP contribution in [0.25, 0.3) is 0 Å². The topological polar surface area (TPSA) is 68.3 Å². The Kier molecular flexibility index (Phi) is 7.59. The molecule has 2 aliphatic heterocycles. The summed E-state index contributed by atoms with van der Waals surface area (Å²) in [6.07, 6.45) is 0.764. The second-order valence-electron chi connectivity index (χ2n) is 10.0. The number of likely N-dealkylation sites (tertiary alicyclic amines) is 1. The van der Waals surface area contributed by atoms with Gasteiger partial charge in [-0.15, -0.1) is 0 Å². The van der Waals surface area contributed by atoms with E-state index >= 15 is 0 Å². The zero-order valence-corrected chi connectivity index (χ0v) is 23.2. The number of amides is 2. The minimum Gasteiger partial charge on any atom is -0.497 e. The summed E-state index contributed by atoms with van der Waals surface area (Å²) in [4.78, 5) is 30.2. The number of rotatable bonds is 6. The molecule has 0 bridgehead atoms. The average Bonchev–Trinajstić information content (AvgIpc) is 3.27. The molecule has 0 aromatic heterocycles. The Morgan fingerprint density at radius 3 is 2.23 bits per heavy atom. The molecule has 3 aromatic rings. The van der Waals surface area contributed by atoms with E-state index in [9.17, 15) is 18.4 Å². The first-order valence-corrected chi connectivity index (χ1v) is 13.2. The quantitative estimate of drug-likeness (QED) is 0.397. The van der Waals surface area contributed by atoms with Gasteiger partial charge < -0.3 is 24.0 Å². The van der Waals surface area contributed by atoms with Crippen molar-refractivity contribution >= 4 is 29.1 Å². The van der Waals surface area contributed by atoms with Gasteiger partial charge in [-0.3, -0.25) is 9.59 Å². The van der Waals surface area contributed by atoms with Gasteiger partial charge in [0.2, 0.25) is 5.91 Å². The number of hydrogen-bond acceptors (Lipinski definition) is 5. The number of hydrogen-bond donors (Lipinski definition) is 0. The zero-order valence-electron chi connectivity index (χ0n) is 22.4. The number of anilines is 1. The van der Waals surface area contributed by atoms with Crippen molar-refractivity contribution in [1.82, 2.24) is 4.90 Å². The van der Waals surface area contributed by atoms with Crippen LogP contribution in [-0.2, 0) is 16.6 Å². The van der Waals surface area contributed by atoms with Crippen molar-refractivity contribution in [3.05, 3.63) is 81.9 Å². The SMILES string of the molecule is COc1cc(OC)cc(C(=O)N2CCC3(CC2)CN(C(=O)Cc2c(Cl)ccc(OC)c2F)c2ccc(F)cc23)c1. The first-order chi connectivity index (χ1) is 19.2. The van der Waals surface area contributed by atoms with Gasteiger partial charge in [-0.1, -0.05) is 11.6 Å². The molecule has 2 heterocycles. The van der Waals surface area contributed by atoms with E-state index in [1.165, 1.54) is 45.6 Å². The van der Waals surface area contributed by atoms with Crippen molar-refractivity contribution in [3.8, 4) is 17.2 Å². The third-order valence-corrected chi connectivity index (χ3v) is 8.24. The molecule has 1 spiro atoms. The van der Waals surface area contributed by atoms with E-state index in [1.54, 1.807) is 34.1 Å². The summed E-state index contributed by atoms with van der Waals surface area (Å²) >= 11 is 6.24. The van der Waals surface area contributed by atoms with E-state index in [0.29, 0.717) is 60.8 Å². The molecule has 7 nitrogen and oxygen atoms in total. The summed E-state index contributed by atoms with van der Waals surface area (Å²) < 4.78 is 45.1.